The number of pyridine rings is 1. The van der Waals surface area contributed by atoms with Crippen LogP contribution in [0.5, 0.6) is 0 Å². The molecule has 1 aromatic carbocycles. The topological polar surface area (TPSA) is 45.4 Å². The molecule has 3 rings (SSSR count). The molecule has 2 aromatic rings. The van der Waals surface area contributed by atoms with Gasteiger partial charge < -0.3 is 15.5 Å². The van der Waals surface area contributed by atoms with Crippen LogP contribution in [0.4, 0.5) is 5.69 Å². The van der Waals surface area contributed by atoms with Crippen molar-refractivity contribution in [3.63, 3.8) is 0 Å². The van der Waals surface area contributed by atoms with Gasteiger partial charge in [-0.1, -0.05) is 18.2 Å². The monoisotopic (exact) mass is 284 g/mol. The van der Waals surface area contributed by atoms with Crippen LogP contribution in [0, 0.1) is 0 Å². The van der Waals surface area contributed by atoms with E-state index in [-0.39, 0.29) is 0 Å². The third kappa shape index (κ3) is 2.87. The van der Waals surface area contributed by atoms with E-state index in [9.17, 15) is 0 Å². The van der Waals surface area contributed by atoms with Crippen molar-refractivity contribution in [2.45, 2.75) is 25.4 Å². The highest BCUT2D eigenvalue weighted by Crippen LogP contribution is 2.29. The molecule has 0 spiro atoms. The molecule has 1 saturated heterocycles. The first kappa shape index (κ1) is 14.3. The van der Waals surface area contributed by atoms with Gasteiger partial charge in [-0.2, -0.15) is 0 Å². The second kappa shape index (κ2) is 6.00. The Bertz CT molecular complexity index is 615. The van der Waals surface area contributed by atoms with Crippen LogP contribution >= 0.6 is 0 Å². The molecule has 4 heteroatoms. The minimum absolute atomic E-state index is 0.492. The maximum atomic E-state index is 5.81. The van der Waals surface area contributed by atoms with Gasteiger partial charge in [0.15, 0.2) is 0 Å². The number of para-hydroxylation sites is 1. The first-order valence-electron chi connectivity index (χ1n) is 7.69. The number of fused-ring (bicyclic) bond motifs is 1. The third-order valence-electron chi connectivity index (χ3n) is 4.49. The maximum absolute atomic E-state index is 5.81. The molecular weight excluding hydrogens is 260 g/mol. The van der Waals surface area contributed by atoms with Gasteiger partial charge in [0.05, 0.1) is 11.2 Å². The Morgan fingerprint density at radius 1 is 1.24 bits per heavy atom. The summed E-state index contributed by atoms with van der Waals surface area (Å²) in [6.07, 6.45) is 2.42. The standard InChI is InChI=1S/C17H24N4/c1-20(2)14-7-9-21(10-8-14)17-11-13(12-18)19-16-6-4-3-5-15(16)17/h3-6,11,14H,7-10,12,18H2,1-2H3. The van der Waals surface area contributed by atoms with Crippen molar-refractivity contribution in [3.8, 4) is 0 Å². The molecule has 0 unspecified atom stereocenters. The predicted octanol–water partition coefficient (Wildman–Crippen LogP) is 2.22. The number of anilines is 1. The van der Waals surface area contributed by atoms with Crippen LogP contribution < -0.4 is 10.6 Å². The van der Waals surface area contributed by atoms with Crippen LogP contribution in [0.25, 0.3) is 10.9 Å². The lowest BCUT2D eigenvalue weighted by Crippen LogP contribution is -2.42. The summed E-state index contributed by atoms with van der Waals surface area (Å²) in [6, 6.07) is 11.2. The Morgan fingerprint density at radius 3 is 2.62 bits per heavy atom. The molecule has 21 heavy (non-hydrogen) atoms. The Hall–Kier alpha value is -1.65. The summed E-state index contributed by atoms with van der Waals surface area (Å²) >= 11 is 0. The minimum atomic E-state index is 0.492. The molecule has 1 aliphatic heterocycles. The summed E-state index contributed by atoms with van der Waals surface area (Å²) in [6.45, 7) is 2.69. The van der Waals surface area contributed by atoms with Crippen LogP contribution in [0.2, 0.25) is 0 Å². The summed E-state index contributed by atoms with van der Waals surface area (Å²) in [5, 5.41) is 1.23. The van der Waals surface area contributed by atoms with Gasteiger partial charge >= 0.3 is 0 Å². The van der Waals surface area contributed by atoms with Crippen LogP contribution in [0.1, 0.15) is 18.5 Å². The van der Waals surface area contributed by atoms with Gasteiger partial charge in [0.2, 0.25) is 0 Å². The first-order valence-corrected chi connectivity index (χ1v) is 7.69. The quantitative estimate of drug-likeness (QED) is 0.939. The van der Waals surface area contributed by atoms with E-state index in [1.54, 1.807) is 0 Å². The molecule has 0 radical (unpaired) electrons. The molecule has 2 N–H and O–H groups in total. The van der Waals surface area contributed by atoms with E-state index in [2.05, 4.69) is 53.1 Å². The Balaban J connectivity index is 1.93. The molecule has 0 saturated carbocycles. The number of aromatic nitrogens is 1. The number of rotatable bonds is 3. The number of hydrogen-bond donors (Lipinski definition) is 1. The molecule has 2 heterocycles. The Kier molecular flexibility index (Phi) is 4.08. The summed E-state index contributed by atoms with van der Waals surface area (Å²) in [5.41, 5.74) is 9.12. The number of piperidine rings is 1. The average Bonchev–Trinajstić information content (AvgIpc) is 2.53. The second-order valence-corrected chi connectivity index (χ2v) is 6.04. The van der Waals surface area contributed by atoms with Crippen molar-refractivity contribution >= 4 is 16.6 Å². The second-order valence-electron chi connectivity index (χ2n) is 6.04. The van der Waals surface area contributed by atoms with Gasteiger partial charge in [-0.3, -0.25) is 4.98 Å². The number of benzene rings is 1. The largest absolute Gasteiger partial charge is 0.371 e. The highest BCUT2D eigenvalue weighted by Gasteiger charge is 2.22. The van der Waals surface area contributed by atoms with Crippen molar-refractivity contribution in [2.75, 3.05) is 32.1 Å². The summed E-state index contributed by atoms with van der Waals surface area (Å²) in [4.78, 5) is 9.46. The Labute approximate surface area is 126 Å². The average molecular weight is 284 g/mol. The lowest BCUT2D eigenvalue weighted by Gasteiger charge is -2.37. The molecule has 0 amide bonds. The molecule has 1 fully saturated rings. The van der Waals surface area contributed by atoms with Crippen molar-refractivity contribution in [1.82, 2.24) is 9.88 Å². The van der Waals surface area contributed by atoms with Gasteiger partial charge in [-0.25, -0.2) is 0 Å². The highest BCUT2D eigenvalue weighted by molar-refractivity contribution is 5.92. The molecule has 1 aliphatic rings. The minimum Gasteiger partial charge on any atom is -0.371 e. The van der Waals surface area contributed by atoms with Gasteiger partial charge in [0.25, 0.3) is 0 Å². The van der Waals surface area contributed by atoms with Crippen LogP contribution in [-0.2, 0) is 6.54 Å². The first-order chi connectivity index (χ1) is 10.2. The smallest absolute Gasteiger partial charge is 0.0726 e. The lowest BCUT2D eigenvalue weighted by molar-refractivity contribution is 0.250. The molecule has 0 bridgehead atoms. The van der Waals surface area contributed by atoms with Crippen molar-refractivity contribution in [2.24, 2.45) is 5.73 Å². The number of nitrogens with two attached hydrogens (primary N) is 1. The van der Waals surface area contributed by atoms with Crippen LogP contribution in [0.3, 0.4) is 0 Å². The molecule has 4 nitrogen and oxygen atoms in total. The summed E-state index contributed by atoms with van der Waals surface area (Å²) in [7, 11) is 4.35. The summed E-state index contributed by atoms with van der Waals surface area (Å²) in [5.74, 6) is 0. The fourth-order valence-electron chi connectivity index (χ4n) is 3.20. The molecule has 0 aliphatic carbocycles. The lowest BCUT2D eigenvalue weighted by atomic mass is 10.0. The molecule has 0 atom stereocenters. The molecule has 1 aromatic heterocycles. The third-order valence-corrected chi connectivity index (χ3v) is 4.49. The van der Waals surface area contributed by atoms with E-state index in [1.165, 1.54) is 23.9 Å². The predicted molar refractivity (Wildman–Crippen MR) is 88.6 cm³/mol. The van der Waals surface area contributed by atoms with Crippen LogP contribution in [0.15, 0.2) is 30.3 Å². The van der Waals surface area contributed by atoms with E-state index in [1.807, 2.05) is 6.07 Å². The number of hydrogen-bond acceptors (Lipinski definition) is 4. The van der Waals surface area contributed by atoms with E-state index in [4.69, 9.17) is 5.73 Å². The zero-order chi connectivity index (χ0) is 14.8. The van der Waals surface area contributed by atoms with Crippen LogP contribution in [-0.4, -0.2) is 43.1 Å². The van der Waals surface area contributed by atoms with Crippen molar-refractivity contribution in [1.29, 1.82) is 0 Å². The summed E-state index contributed by atoms with van der Waals surface area (Å²) < 4.78 is 0. The molecule has 112 valence electrons. The van der Waals surface area contributed by atoms with Gasteiger partial charge in [-0.05, 0) is 39.1 Å². The number of nitrogens with zero attached hydrogens (tertiary/aromatic N) is 3. The highest BCUT2D eigenvalue weighted by atomic mass is 15.2. The van der Waals surface area contributed by atoms with E-state index in [0.29, 0.717) is 12.6 Å². The van der Waals surface area contributed by atoms with E-state index >= 15 is 0 Å². The van der Waals surface area contributed by atoms with Gasteiger partial charge in [-0.15, -0.1) is 0 Å². The Morgan fingerprint density at radius 2 is 1.95 bits per heavy atom. The zero-order valence-electron chi connectivity index (χ0n) is 12.9. The van der Waals surface area contributed by atoms with Gasteiger partial charge in [0, 0.05) is 36.7 Å². The fraction of sp³-hybridized carbons (Fsp3) is 0.471. The zero-order valence-corrected chi connectivity index (χ0v) is 12.9. The van der Waals surface area contributed by atoms with Gasteiger partial charge in [0.1, 0.15) is 0 Å². The van der Waals surface area contributed by atoms with Crippen molar-refractivity contribution in [3.05, 3.63) is 36.0 Å². The normalized spacial score (nSPS) is 16.9. The SMILES string of the molecule is CN(C)C1CCN(c2cc(CN)nc3ccccc23)CC1. The van der Waals surface area contributed by atoms with Crippen molar-refractivity contribution < 1.29 is 0 Å². The van der Waals surface area contributed by atoms with E-state index in [0.717, 1.165) is 24.3 Å². The maximum Gasteiger partial charge on any atom is 0.0726 e. The molecular formula is C17H24N4. The fourth-order valence-corrected chi connectivity index (χ4v) is 3.20. The van der Waals surface area contributed by atoms with E-state index < -0.39 is 0 Å².